The van der Waals surface area contributed by atoms with Crippen molar-refractivity contribution in [2.75, 3.05) is 13.6 Å². The summed E-state index contributed by atoms with van der Waals surface area (Å²) in [5.74, 6) is 2.17. The van der Waals surface area contributed by atoms with Gasteiger partial charge in [0, 0.05) is 64.3 Å². The highest BCUT2D eigenvalue weighted by atomic mass is 16.2. The number of amides is 1. The molecule has 2 heterocycles. The van der Waals surface area contributed by atoms with Crippen LogP contribution in [0.25, 0.3) is 0 Å². The third-order valence-corrected chi connectivity index (χ3v) is 4.05. The molecule has 0 unspecified atom stereocenters. The van der Waals surface area contributed by atoms with Crippen LogP contribution in [0.2, 0.25) is 0 Å². The Bertz CT molecular complexity index is 616. The number of nitrogens with zero attached hydrogens (tertiary/aromatic N) is 5. The van der Waals surface area contributed by atoms with Gasteiger partial charge in [0.05, 0.1) is 0 Å². The van der Waals surface area contributed by atoms with Gasteiger partial charge in [-0.2, -0.15) is 0 Å². The molecule has 0 aliphatic carbocycles. The van der Waals surface area contributed by atoms with Crippen LogP contribution >= 0.6 is 0 Å². The molecule has 0 aliphatic heterocycles. The van der Waals surface area contributed by atoms with E-state index in [0.29, 0.717) is 6.42 Å². The molecule has 0 fully saturated rings. The third kappa shape index (κ3) is 3.96. The Morgan fingerprint density at radius 3 is 2.64 bits per heavy atom. The molecule has 0 N–H and O–H groups in total. The van der Waals surface area contributed by atoms with Crippen molar-refractivity contribution in [1.82, 2.24) is 24.0 Å². The molecule has 2 aromatic heterocycles. The zero-order valence-electron chi connectivity index (χ0n) is 13.9. The van der Waals surface area contributed by atoms with Crippen molar-refractivity contribution in [3.05, 3.63) is 36.4 Å². The van der Waals surface area contributed by atoms with Gasteiger partial charge < -0.3 is 14.0 Å². The zero-order chi connectivity index (χ0) is 16.1. The summed E-state index contributed by atoms with van der Waals surface area (Å²) in [6, 6.07) is 0.131. The van der Waals surface area contributed by atoms with Crippen LogP contribution < -0.4 is 0 Å². The minimum Gasteiger partial charge on any atom is -0.346 e. The molecule has 0 aliphatic rings. The van der Waals surface area contributed by atoms with E-state index in [4.69, 9.17) is 0 Å². The van der Waals surface area contributed by atoms with Crippen LogP contribution in [0.3, 0.4) is 0 Å². The second kappa shape index (κ2) is 7.24. The van der Waals surface area contributed by atoms with E-state index in [1.165, 1.54) is 0 Å². The maximum atomic E-state index is 12.3. The number of hydrogen-bond donors (Lipinski definition) is 0. The Hall–Kier alpha value is -2.11. The second-order valence-electron chi connectivity index (χ2n) is 5.81. The molecule has 0 bridgehead atoms. The largest absolute Gasteiger partial charge is 0.346 e. The summed E-state index contributed by atoms with van der Waals surface area (Å²) in [6.07, 6.45) is 9.75. The lowest BCUT2D eigenvalue weighted by Gasteiger charge is -2.21. The molecule has 22 heavy (non-hydrogen) atoms. The van der Waals surface area contributed by atoms with Crippen LogP contribution in [0.4, 0.5) is 0 Å². The highest BCUT2D eigenvalue weighted by Gasteiger charge is 2.15. The topological polar surface area (TPSA) is 56.0 Å². The van der Waals surface area contributed by atoms with Gasteiger partial charge in [0.25, 0.3) is 0 Å². The lowest BCUT2D eigenvalue weighted by Crippen LogP contribution is -2.30. The molecule has 6 heteroatoms. The lowest BCUT2D eigenvalue weighted by atomic mass is 10.2. The van der Waals surface area contributed by atoms with Gasteiger partial charge in [-0.25, -0.2) is 9.97 Å². The monoisotopic (exact) mass is 303 g/mol. The van der Waals surface area contributed by atoms with E-state index in [2.05, 4.69) is 9.97 Å². The first-order chi connectivity index (χ1) is 10.5. The maximum Gasteiger partial charge on any atom is 0.224 e. The summed E-state index contributed by atoms with van der Waals surface area (Å²) in [5.41, 5.74) is 0. The fourth-order valence-corrected chi connectivity index (χ4v) is 2.60. The van der Waals surface area contributed by atoms with Gasteiger partial charge in [-0.1, -0.05) is 0 Å². The Morgan fingerprint density at radius 1 is 1.32 bits per heavy atom. The van der Waals surface area contributed by atoms with E-state index in [0.717, 1.165) is 31.0 Å². The van der Waals surface area contributed by atoms with Gasteiger partial charge in [0.15, 0.2) is 0 Å². The second-order valence-corrected chi connectivity index (χ2v) is 5.81. The highest BCUT2D eigenvalue weighted by molar-refractivity contribution is 5.76. The van der Waals surface area contributed by atoms with Crippen molar-refractivity contribution in [2.45, 2.75) is 39.2 Å². The minimum atomic E-state index is 0.131. The van der Waals surface area contributed by atoms with E-state index >= 15 is 0 Å². The standard InChI is InChI=1S/C16H25N5O/c1-13(21-11-8-17-14(21)2)12-16(22)20(4)9-5-6-15-18-7-10-19(15)3/h7-8,10-11,13H,5-6,9,12H2,1-4H3/t13-/m0/s1. The quantitative estimate of drug-likeness (QED) is 0.786. The Kier molecular flexibility index (Phi) is 5.35. The Balaban J connectivity index is 1.77. The fourth-order valence-electron chi connectivity index (χ4n) is 2.60. The summed E-state index contributed by atoms with van der Waals surface area (Å²) >= 11 is 0. The molecule has 120 valence electrons. The van der Waals surface area contributed by atoms with E-state index in [9.17, 15) is 4.79 Å². The van der Waals surface area contributed by atoms with Crippen molar-refractivity contribution in [3.63, 3.8) is 0 Å². The van der Waals surface area contributed by atoms with Crippen LogP contribution in [0.5, 0.6) is 0 Å². The molecule has 2 aromatic rings. The first kappa shape index (κ1) is 16.3. The van der Waals surface area contributed by atoms with Crippen LogP contribution in [0, 0.1) is 6.92 Å². The SMILES string of the molecule is Cc1nccn1[C@@H](C)CC(=O)N(C)CCCc1nccn1C. The number of rotatable bonds is 7. The summed E-state index contributed by atoms with van der Waals surface area (Å²) in [7, 11) is 3.86. The van der Waals surface area contributed by atoms with Crippen molar-refractivity contribution in [2.24, 2.45) is 7.05 Å². The maximum absolute atomic E-state index is 12.3. The predicted octanol–water partition coefficient (Wildman–Crippen LogP) is 1.97. The highest BCUT2D eigenvalue weighted by Crippen LogP contribution is 2.14. The van der Waals surface area contributed by atoms with Crippen LogP contribution in [0.15, 0.2) is 24.8 Å². The molecule has 0 radical (unpaired) electrons. The normalized spacial score (nSPS) is 12.4. The van der Waals surface area contributed by atoms with Crippen LogP contribution in [0.1, 0.15) is 37.5 Å². The summed E-state index contributed by atoms with van der Waals surface area (Å²) < 4.78 is 4.06. The first-order valence-corrected chi connectivity index (χ1v) is 7.68. The zero-order valence-corrected chi connectivity index (χ0v) is 13.9. The average Bonchev–Trinajstić information content (AvgIpc) is 3.07. The third-order valence-electron chi connectivity index (χ3n) is 4.05. The van der Waals surface area contributed by atoms with E-state index < -0.39 is 0 Å². The van der Waals surface area contributed by atoms with Gasteiger partial charge in [-0.05, 0) is 20.3 Å². The Labute approximate surface area is 131 Å². The van der Waals surface area contributed by atoms with Gasteiger partial charge in [0.1, 0.15) is 11.6 Å². The number of aromatic nitrogens is 4. The minimum absolute atomic E-state index is 0.131. The van der Waals surface area contributed by atoms with E-state index in [1.807, 2.05) is 54.4 Å². The van der Waals surface area contributed by atoms with Crippen LogP contribution in [-0.2, 0) is 18.3 Å². The van der Waals surface area contributed by atoms with Gasteiger partial charge in [0.2, 0.25) is 5.91 Å². The molecule has 0 aromatic carbocycles. The molecule has 0 saturated heterocycles. The summed E-state index contributed by atoms with van der Waals surface area (Å²) in [4.78, 5) is 22.6. The number of hydrogen-bond acceptors (Lipinski definition) is 3. The van der Waals surface area contributed by atoms with Gasteiger partial charge >= 0.3 is 0 Å². The first-order valence-electron chi connectivity index (χ1n) is 7.68. The van der Waals surface area contributed by atoms with Gasteiger partial charge in [-0.15, -0.1) is 0 Å². The van der Waals surface area contributed by atoms with E-state index in [-0.39, 0.29) is 11.9 Å². The van der Waals surface area contributed by atoms with Crippen molar-refractivity contribution in [3.8, 4) is 0 Å². The summed E-state index contributed by atoms with van der Waals surface area (Å²) in [6.45, 7) is 4.76. The lowest BCUT2D eigenvalue weighted by molar-refractivity contribution is -0.130. The molecule has 1 atom stereocenters. The molecule has 1 amide bonds. The van der Waals surface area contributed by atoms with Gasteiger partial charge in [-0.3, -0.25) is 4.79 Å². The number of aryl methyl sites for hydroxylation is 3. The molecular formula is C16H25N5O. The molecule has 6 nitrogen and oxygen atoms in total. The fraction of sp³-hybridized carbons (Fsp3) is 0.562. The molecule has 2 rings (SSSR count). The predicted molar refractivity (Wildman–Crippen MR) is 85.5 cm³/mol. The van der Waals surface area contributed by atoms with E-state index in [1.54, 1.807) is 12.4 Å². The number of carbonyl (C=O) groups is 1. The van der Waals surface area contributed by atoms with Crippen LogP contribution in [-0.4, -0.2) is 43.5 Å². The summed E-state index contributed by atoms with van der Waals surface area (Å²) in [5, 5.41) is 0. The number of carbonyl (C=O) groups excluding carboxylic acids is 1. The van der Waals surface area contributed by atoms with Crippen molar-refractivity contribution < 1.29 is 4.79 Å². The molecular weight excluding hydrogens is 278 g/mol. The van der Waals surface area contributed by atoms with Crippen molar-refractivity contribution >= 4 is 5.91 Å². The number of imidazole rings is 2. The average molecular weight is 303 g/mol. The Morgan fingerprint density at radius 2 is 2.05 bits per heavy atom. The molecule has 0 saturated carbocycles. The molecule has 0 spiro atoms. The smallest absolute Gasteiger partial charge is 0.224 e. The van der Waals surface area contributed by atoms with Crippen molar-refractivity contribution in [1.29, 1.82) is 0 Å².